The minimum absolute atomic E-state index is 0.0935. The first-order chi connectivity index (χ1) is 11.2. The number of carbonyl (C=O) groups is 1. The van der Waals surface area contributed by atoms with Crippen LogP contribution in [0.15, 0.2) is 66.7 Å². The maximum Gasteiger partial charge on any atom is 0.323 e. The third-order valence-corrected chi connectivity index (χ3v) is 3.71. The van der Waals surface area contributed by atoms with Crippen molar-refractivity contribution in [2.45, 2.75) is 6.54 Å². The van der Waals surface area contributed by atoms with Gasteiger partial charge < -0.3 is 14.4 Å². The zero-order chi connectivity index (χ0) is 16.2. The Morgan fingerprint density at radius 1 is 0.957 bits per heavy atom. The summed E-state index contributed by atoms with van der Waals surface area (Å²) in [5.74, 6) is -0.130. The molecule has 0 spiro atoms. The molecule has 0 saturated heterocycles. The molecule has 4 nitrogen and oxygen atoms in total. The van der Waals surface area contributed by atoms with Gasteiger partial charge >= 0.3 is 5.97 Å². The van der Waals surface area contributed by atoms with E-state index in [0.29, 0.717) is 0 Å². The Kier molecular flexibility index (Phi) is 4.15. The normalized spacial score (nSPS) is 10.5. The van der Waals surface area contributed by atoms with Gasteiger partial charge in [0.2, 0.25) is 0 Å². The van der Waals surface area contributed by atoms with E-state index in [1.165, 1.54) is 0 Å². The van der Waals surface area contributed by atoms with Crippen molar-refractivity contribution in [1.82, 2.24) is 4.57 Å². The molecule has 0 aliphatic carbocycles. The highest BCUT2D eigenvalue weighted by atomic mass is 16.5. The highest BCUT2D eigenvalue weighted by Gasteiger charge is 2.14. The largest absolute Gasteiger partial charge is 0.497 e. The van der Waals surface area contributed by atoms with E-state index in [1.54, 1.807) is 7.11 Å². The van der Waals surface area contributed by atoms with Gasteiger partial charge in [-0.05, 0) is 29.8 Å². The number of hydrogen-bond donors (Lipinski definition) is 1. The summed E-state index contributed by atoms with van der Waals surface area (Å²) in [6, 6.07) is 21.3. The first kappa shape index (κ1) is 14.9. The molecule has 0 aliphatic heterocycles. The zero-order valence-corrected chi connectivity index (χ0v) is 12.8. The summed E-state index contributed by atoms with van der Waals surface area (Å²) in [7, 11) is 1.62. The Morgan fingerprint density at radius 3 is 2.26 bits per heavy atom. The number of ether oxygens (including phenoxy) is 1. The van der Waals surface area contributed by atoms with E-state index in [2.05, 4.69) is 0 Å². The van der Waals surface area contributed by atoms with Gasteiger partial charge in [0.15, 0.2) is 0 Å². The highest BCUT2D eigenvalue weighted by Crippen LogP contribution is 2.30. The van der Waals surface area contributed by atoms with Crippen LogP contribution in [-0.2, 0) is 11.3 Å². The fourth-order valence-corrected chi connectivity index (χ4v) is 2.67. The van der Waals surface area contributed by atoms with E-state index in [1.807, 2.05) is 71.3 Å². The Balaban J connectivity index is 2.13. The topological polar surface area (TPSA) is 51.5 Å². The third-order valence-electron chi connectivity index (χ3n) is 3.71. The fraction of sp³-hybridized carbons (Fsp3) is 0.105. The van der Waals surface area contributed by atoms with Crippen molar-refractivity contribution >= 4 is 5.97 Å². The van der Waals surface area contributed by atoms with Crippen LogP contribution in [0.3, 0.4) is 0 Å². The Bertz CT molecular complexity index is 822. The molecule has 4 heteroatoms. The number of benzene rings is 2. The van der Waals surface area contributed by atoms with Crippen LogP contribution in [0.2, 0.25) is 0 Å². The summed E-state index contributed by atoms with van der Waals surface area (Å²) in [5.41, 5.74) is 3.65. The molecule has 1 aromatic heterocycles. The lowest BCUT2D eigenvalue weighted by molar-refractivity contribution is -0.137. The molecule has 23 heavy (non-hydrogen) atoms. The summed E-state index contributed by atoms with van der Waals surface area (Å²) in [6.07, 6.45) is 0. The molecule has 0 saturated carbocycles. The summed E-state index contributed by atoms with van der Waals surface area (Å²) < 4.78 is 7.08. The number of rotatable bonds is 5. The van der Waals surface area contributed by atoms with Crippen molar-refractivity contribution in [3.05, 3.63) is 66.7 Å². The lowest BCUT2D eigenvalue weighted by Gasteiger charge is -2.12. The molecule has 2 aromatic carbocycles. The second-order valence-corrected chi connectivity index (χ2v) is 5.18. The summed E-state index contributed by atoms with van der Waals surface area (Å²) in [5, 5.41) is 9.28. The minimum Gasteiger partial charge on any atom is -0.497 e. The molecule has 0 aliphatic rings. The molecule has 0 amide bonds. The molecule has 1 N–H and O–H groups in total. The Hall–Kier alpha value is -3.01. The lowest BCUT2D eigenvalue weighted by Crippen LogP contribution is -2.11. The number of hydrogen-bond acceptors (Lipinski definition) is 2. The molecule has 3 rings (SSSR count). The van der Waals surface area contributed by atoms with E-state index in [9.17, 15) is 9.90 Å². The van der Waals surface area contributed by atoms with Gasteiger partial charge in [-0.25, -0.2) is 0 Å². The van der Waals surface area contributed by atoms with E-state index in [0.717, 1.165) is 28.3 Å². The first-order valence-electron chi connectivity index (χ1n) is 7.30. The summed E-state index contributed by atoms with van der Waals surface area (Å²) in [6.45, 7) is -0.0935. The number of nitrogens with zero attached hydrogens (tertiary/aromatic N) is 1. The highest BCUT2D eigenvalue weighted by molar-refractivity contribution is 5.75. The number of carboxylic acid groups (broad SMARTS) is 1. The quantitative estimate of drug-likeness (QED) is 0.777. The van der Waals surface area contributed by atoms with Crippen molar-refractivity contribution in [2.24, 2.45) is 0 Å². The van der Waals surface area contributed by atoms with Crippen LogP contribution >= 0.6 is 0 Å². The molecule has 0 bridgehead atoms. The molecular weight excluding hydrogens is 290 g/mol. The van der Waals surface area contributed by atoms with Crippen LogP contribution in [0.5, 0.6) is 5.75 Å². The predicted octanol–water partition coefficient (Wildman–Crippen LogP) is 3.92. The van der Waals surface area contributed by atoms with Gasteiger partial charge in [-0.1, -0.05) is 42.5 Å². The average Bonchev–Trinajstić information content (AvgIpc) is 2.98. The van der Waals surface area contributed by atoms with Crippen LogP contribution in [-0.4, -0.2) is 22.8 Å². The van der Waals surface area contributed by atoms with Crippen molar-refractivity contribution in [3.8, 4) is 28.3 Å². The second-order valence-electron chi connectivity index (χ2n) is 5.18. The van der Waals surface area contributed by atoms with Crippen LogP contribution in [0.25, 0.3) is 22.5 Å². The SMILES string of the molecule is COc1cccc(-c2ccc(-c3ccccc3)n2CC(=O)O)c1. The van der Waals surface area contributed by atoms with Crippen LogP contribution < -0.4 is 4.74 Å². The van der Waals surface area contributed by atoms with Crippen LogP contribution in [0, 0.1) is 0 Å². The third kappa shape index (κ3) is 3.11. The van der Waals surface area contributed by atoms with Crippen molar-refractivity contribution < 1.29 is 14.6 Å². The van der Waals surface area contributed by atoms with E-state index < -0.39 is 5.97 Å². The van der Waals surface area contributed by atoms with E-state index in [-0.39, 0.29) is 6.54 Å². The maximum atomic E-state index is 11.3. The average molecular weight is 307 g/mol. The van der Waals surface area contributed by atoms with Gasteiger partial charge in [0.05, 0.1) is 7.11 Å². The van der Waals surface area contributed by atoms with Crippen LogP contribution in [0.4, 0.5) is 0 Å². The molecule has 0 radical (unpaired) electrons. The molecular formula is C19H17NO3. The first-order valence-corrected chi connectivity index (χ1v) is 7.30. The molecule has 0 fully saturated rings. The standard InChI is InChI=1S/C19H17NO3/c1-23-16-9-5-8-15(12-16)18-11-10-17(20(18)13-19(21)22)14-6-3-2-4-7-14/h2-12H,13H2,1H3,(H,21,22). The number of aliphatic carboxylic acids is 1. The monoisotopic (exact) mass is 307 g/mol. The van der Waals surface area contributed by atoms with Crippen molar-refractivity contribution in [2.75, 3.05) is 7.11 Å². The van der Waals surface area contributed by atoms with Gasteiger partial charge in [0.25, 0.3) is 0 Å². The van der Waals surface area contributed by atoms with Crippen molar-refractivity contribution in [3.63, 3.8) is 0 Å². The lowest BCUT2D eigenvalue weighted by atomic mass is 10.1. The van der Waals surface area contributed by atoms with Gasteiger partial charge in [0.1, 0.15) is 12.3 Å². The van der Waals surface area contributed by atoms with Gasteiger partial charge in [-0.3, -0.25) is 4.79 Å². The predicted molar refractivity (Wildman–Crippen MR) is 89.5 cm³/mol. The second kappa shape index (κ2) is 6.40. The number of carboxylic acids is 1. The summed E-state index contributed by atoms with van der Waals surface area (Å²) in [4.78, 5) is 11.3. The molecule has 1 heterocycles. The fourth-order valence-electron chi connectivity index (χ4n) is 2.67. The maximum absolute atomic E-state index is 11.3. The van der Waals surface area contributed by atoms with E-state index >= 15 is 0 Å². The summed E-state index contributed by atoms with van der Waals surface area (Å²) >= 11 is 0. The van der Waals surface area contributed by atoms with Gasteiger partial charge in [-0.2, -0.15) is 0 Å². The van der Waals surface area contributed by atoms with Crippen molar-refractivity contribution in [1.29, 1.82) is 0 Å². The van der Waals surface area contributed by atoms with E-state index in [4.69, 9.17) is 4.74 Å². The molecule has 116 valence electrons. The van der Waals surface area contributed by atoms with Gasteiger partial charge in [0, 0.05) is 17.0 Å². The smallest absolute Gasteiger partial charge is 0.323 e. The number of methoxy groups -OCH3 is 1. The molecule has 0 unspecified atom stereocenters. The zero-order valence-electron chi connectivity index (χ0n) is 12.8. The molecule has 0 atom stereocenters. The minimum atomic E-state index is -0.873. The molecule has 3 aromatic rings. The van der Waals surface area contributed by atoms with Gasteiger partial charge in [-0.15, -0.1) is 0 Å². The van der Waals surface area contributed by atoms with Crippen LogP contribution in [0.1, 0.15) is 0 Å². The Labute approximate surface area is 134 Å². The Morgan fingerprint density at radius 2 is 1.61 bits per heavy atom. The number of aromatic nitrogens is 1.